The maximum Gasteiger partial charge on any atom is 0.238 e. The van der Waals surface area contributed by atoms with Crippen molar-refractivity contribution in [1.82, 2.24) is 4.90 Å². The molecule has 0 spiro atoms. The summed E-state index contributed by atoms with van der Waals surface area (Å²) in [5.41, 5.74) is 2.32. The maximum absolute atomic E-state index is 13.3. The molecule has 0 saturated carbocycles. The Bertz CT molecular complexity index is 1300. The Morgan fingerprint density at radius 3 is 2.46 bits per heavy atom. The van der Waals surface area contributed by atoms with Crippen LogP contribution in [0.1, 0.15) is 12.0 Å². The van der Waals surface area contributed by atoms with Crippen molar-refractivity contribution >= 4 is 74.3 Å². The molecule has 10 heteroatoms. The first-order valence-electron chi connectivity index (χ1n) is 11.4. The lowest BCUT2D eigenvalue weighted by molar-refractivity contribution is -0.129. The summed E-state index contributed by atoms with van der Waals surface area (Å²) in [6, 6.07) is 20.2. The van der Waals surface area contributed by atoms with Gasteiger partial charge in [0.1, 0.15) is 5.25 Å². The molecule has 3 aromatic carbocycles. The SMILES string of the molecule is COc1ccc(CCN2C(=O)CC(C(=O)Nc3ccc(I)cc3)SC2=Nc2ccc(Cl)cc2)cc1OC. The molecule has 0 aromatic heterocycles. The minimum absolute atomic E-state index is 0.0758. The highest BCUT2D eigenvalue weighted by atomic mass is 127. The highest BCUT2D eigenvalue weighted by Crippen LogP contribution is 2.32. The van der Waals surface area contributed by atoms with Gasteiger partial charge in [-0.05, 0) is 95.2 Å². The van der Waals surface area contributed by atoms with Gasteiger partial charge in [0.15, 0.2) is 16.7 Å². The standard InChI is InChI=1S/C27H25ClIN3O4S/c1-35-22-12-3-17(15-23(22)36-2)13-14-32-25(33)16-24(26(34)30-20-10-6-19(29)7-11-20)37-27(32)31-21-8-4-18(28)5-9-21/h3-12,15,24H,13-14,16H2,1-2H3,(H,30,34). The molecule has 1 fully saturated rings. The van der Waals surface area contributed by atoms with Gasteiger partial charge < -0.3 is 14.8 Å². The number of anilines is 1. The second-order valence-electron chi connectivity index (χ2n) is 8.16. The average molecular weight is 650 g/mol. The van der Waals surface area contributed by atoms with Crippen LogP contribution in [-0.4, -0.2) is 47.9 Å². The molecule has 7 nitrogen and oxygen atoms in total. The number of aliphatic imine (C=N–C) groups is 1. The van der Waals surface area contributed by atoms with Crippen molar-refractivity contribution in [2.24, 2.45) is 4.99 Å². The van der Waals surface area contributed by atoms with Crippen molar-refractivity contribution in [2.45, 2.75) is 18.1 Å². The van der Waals surface area contributed by atoms with Crippen LogP contribution in [0.15, 0.2) is 71.7 Å². The Kier molecular flexibility index (Phi) is 9.33. The van der Waals surface area contributed by atoms with Crippen LogP contribution in [0, 0.1) is 3.57 Å². The monoisotopic (exact) mass is 649 g/mol. The number of nitrogens with one attached hydrogen (secondary N) is 1. The molecule has 37 heavy (non-hydrogen) atoms. The summed E-state index contributed by atoms with van der Waals surface area (Å²) in [6.45, 7) is 0.402. The third kappa shape index (κ3) is 7.18. The fraction of sp³-hybridized carbons (Fsp3) is 0.222. The van der Waals surface area contributed by atoms with Gasteiger partial charge in [0.25, 0.3) is 0 Å². The van der Waals surface area contributed by atoms with E-state index in [-0.39, 0.29) is 18.2 Å². The first-order valence-corrected chi connectivity index (χ1v) is 13.8. The van der Waals surface area contributed by atoms with E-state index in [0.29, 0.717) is 46.0 Å². The fourth-order valence-electron chi connectivity index (χ4n) is 3.72. The molecule has 4 rings (SSSR count). The van der Waals surface area contributed by atoms with E-state index >= 15 is 0 Å². The van der Waals surface area contributed by atoms with E-state index in [1.807, 2.05) is 42.5 Å². The number of hydrogen-bond acceptors (Lipinski definition) is 6. The number of amidine groups is 1. The number of nitrogens with zero attached hydrogens (tertiary/aromatic N) is 2. The van der Waals surface area contributed by atoms with Crippen molar-refractivity contribution in [3.63, 3.8) is 0 Å². The van der Waals surface area contributed by atoms with Gasteiger partial charge in [-0.3, -0.25) is 14.5 Å². The summed E-state index contributed by atoms with van der Waals surface area (Å²) in [6.07, 6.45) is 0.651. The van der Waals surface area contributed by atoms with Crippen molar-refractivity contribution in [3.8, 4) is 11.5 Å². The van der Waals surface area contributed by atoms with Crippen LogP contribution in [0.2, 0.25) is 5.02 Å². The zero-order valence-corrected chi connectivity index (χ0v) is 24.0. The molecule has 1 saturated heterocycles. The third-order valence-electron chi connectivity index (χ3n) is 5.67. The molecule has 1 heterocycles. The normalized spacial score (nSPS) is 16.5. The van der Waals surface area contributed by atoms with E-state index in [9.17, 15) is 9.59 Å². The summed E-state index contributed by atoms with van der Waals surface area (Å²) in [7, 11) is 3.18. The number of benzene rings is 3. The van der Waals surface area contributed by atoms with E-state index in [1.165, 1.54) is 11.8 Å². The lowest BCUT2D eigenvalue weighted by atomic mass is 10.1. The Hall–Kier alpha value is -2.76. The molecule has 1 atom stereocenters. The zero-order valence-electron chi connectivity index (χ0n) is 20.2. The predicted molar refractivity (Wildman–Crippen MR) is 157 cm³/mol. The highest BCUT2D eigenvalue weighted by molar-refractivity contribution is 14.1. The third-order valence-corrected chi connectivity index (χ3v) is 7.83. The highest BCUT2D eigenvalue weighted by Gasteiger charge is 2.35. The summed E-state index contributed by atoms with van der Waals surface area (Å²) < 4.78 is 11.8. The minimum atomic E-state index is -0.602. The Labute approximate surface area is 238 Å². The van der Waals surface area contributed by atoms with Crippen molar-refractivity contribution in [1.29, 1.82) is 0 Å². The molecule has 0 aliphatic carbocycles. The van der Waals surface area contributed by atoms with Gasteiger partial charge in [-0.1, -0.05) is 29.4 Å². The van der Waals surface area contributed by atoms with Crippen molar-refractivity contribution in [3.05, 3.63) is 80.9 Å². The van der Waals surface area contributed by atoms with Crippen LogP contribution in [0.5, 0.6) is 11.5 Å². The molecule has 3 aromatic rings. The summed E-state index contributed by atoms with van der Waals surface area (Å²) >= 11 is 9.52. The van der Waals surface area contributed by atoms with Crippen LogP contribution in [0.25, 0.3) is 0 Å². The van der Waals surface area contributed by atoms with E-state index in [0.717, 1.165) is 9.13 Å². The van der Waals surface area contributed by atoms with E-state index in [1.54, 1.807) is 43.4 Å². The van der Waals surface area contributed by atoms with E-state index in [2.05, 4.69) is 27.9 Å². The van der Waals surface area contributed by atoms with Crippen molar-refractivity contribution in [2.75, 3.05) is 26.1 Å². The van der Waals surface area contributed by atoms with Gasteiger partial charge in [0, 0.05) is 27.2 Å². The smallest absolute Gasteiger partial charge is 0.238 e. The lowest BCUT2D eigenvalue weighted by Crippen LogP contribution is -2.46. The number of carbonyl (C=O) groups excluding carboxylic acids is 2. The summed E-state index contributed by atoms with van der Waals surface area (Å²) in [5.74, 6) is 0.877. The molecule has 0 radical (unpaired) electrons. The van der Waals surface area contributed by atoms with Gasteiger partial charge in [-0.25, -0.2) is 4.99 Å². The summed E-state index contributed by atoms with van der Waals surface area (Å²) in [5, 5.41) is 3.38. The average Bonchev–Trinajstić information content (AvgIpc) is 2.90. The lowest BCUT2D eigenvalue weighted by Gasteiger charge is -2.32. The molecule has 2 amide bonds. The number of methoxy groups -OCH3 is 2. The van der Waals surface area contributed by atoms with E-state index in [4.69, 9.17) is 26.1 Å². The topological polar surface area (TPSA) is 80.2 Å². The molecule has 0 bridgehead atoms. The van der Waals surface area contributed by atoms with E-state index < -0.39 is 5.25 Å². The van der Waals surface area contributed by atoms with Gasteiger partial charge >= 0.3 is 0 Å². The van der Waals surface area contributed by atoms with Gasteiger partial charge in [0.05, 0.1) is 19.9 Å². The predicted octanol–water partition coefficient (Wildman–Crippen LogP) is 6.16. The molecular formula is C27H25ClIN3O4S. The molecule has 1 N–H and O–H groups in total. The number of rotatable bonds is 8. The van der Waals surface area contributed by atoms with Crippen molar-refractivity contribution < 1.29 is 19.1 Å². The molecular weight excluding hydrogens is 625 g/mol. The largest absolute Gasteiger partial charge is 0.493 e. The second kappa shape index (κ2) is 12.7. The second-order valence-corrected chi connectivity index (χ2v) is 11.0. The summed E-state index contributed by atoms with van der Waals surface area (Å²) in [4.78, 5) is 32.7. The van der Waals surface area contributed by atoms with Crippen LogP contribution in [-0.2, 0) is 16.0 Å². The number of amides is 2. The zero-order chi connectivity index (χ0) is 26.4. The molecule has 1 aliphatic heterocycles. The number of thioether (sulfide) groups is 1. The number of carbonyl (C=O) groups is 2. The maximum atomic E-state index is 13.3. The first-order chi connectivity index (χ1) is 17.9. The quantitative estimate of drug-likeness (QED) is 0.296. The van der Waals surface area contributed by atoms with Gasteiger partial charge in [0.2, 0.25) is 11.8 Å². The molecule has 192 valence electrons. The Morgan fingerprint density at radius 1 is 1.08 bits per heavy atom. The van der Waals surface area contributed by atoms with Gasteiger partial charge in [-0.2, -0.15) is 0 Å². The first kappa shape index (κ1) is 27.3. The van der Waals surface area contributed by atoms with Crippen LogP contribution >= 0.6 is 46.0 Å². The number of ether oxygens (including phenoxy) is 2. The number of hydrogen-bond donors (Lipinski definition) is 1. The fourth-order valence-corrected chi connectivity index (χ4v) is 5.33. The van der Waals surface area contributed by atoms with Gasteiger partial charge in [-0.15, -0.1) is 0 Å². The Morgan fingerprint density at radius 2 is 1.78 bits per heavy atom. The molecule has 1 aliphatic rings. The van der Waals surface area contributed by atoms with Crippen LogP contribution in [0.4, 0.5) is 11.4 Å². The Balaban J connectivity index is 1.55. The van der Waals surface area contributed by atoms with Crippen LogP contribution < -0.4 is 14.8 Å². The number of halogens is 2. The van der Waals surface area contributed by atoms with Crippen LogP contribution in [0.3, 0.4) is 0 Å². The molecule has 1 unspecified atom stereocenters. The minimum Gasteiger partial charge on any atom is -0.493 e.